The summed E-state index contributed by atoms with van der Waals surface area (Å²) in [4.78, 5) is 14.8. The van der Waals surface area contributed by atoms with Gasteiger partial charge in [-0.1, -0.05) is 0 Å². The van der Waals surface area contributed by atoms with Crippen LogP contribution < -0.4 is 10.2 Å². The maximum atomic E-state index is 12.9. The van der Waals surface area contributed by atoms with Crippen LogP contribution in [0.4, 0.5) is 5.69 Å². The molecule has 0 bridgehead atoms. The molecule has 2 aliphatic heterocycles. The van der Waals surface area contributed by atoms with Crippen LogP contribution in [0.25, 0.3) is 0 Å². The van der Waals surface area contributed by atoms with Gasteiger partial charge in [0.05, 0.1) is 17.0 Å². The molecule has 5 heteroatoms. The molecule has 2 heterocycles. The Hall–Kier alpha value is -1.57. The number of carbonyl (C=O) groups is 1. The molecular formula is C16H20ClN3O. The predicted molar refractivity (Wildman–Crippen MR) is 84.5 cm³/mol. The van der Waals surface area contributed by atoms with Gasteiger partial charge in [-0.15, -0.1) is 12.4 Å². The topological polar surface area (TPSA) is 56.1 Å². The Kier molecular flexibility index (Phi) is 4.87. The van der Waals surface area contributed by atoms with Gasteiger partial charge in [-0.3, -0.25) is 4.79 Å². The van der Waals surface area contributed by atoms with Crippen LogP contribution in [0.3, 0.4) is 0 Å². The molecule has 2 saturated heterocycles. The molecule has 21 heavy (non-hydrogen) atoms. The van der Waals surface area contributed by atoms with Crippen molar-refractivity contribution in [3.8, 4) is 6.07 Å². The first kappa shape index (κ1) is 15.8. The molecule has 0 saturated carbocycles. The first-order valence-electron chi connectivity index (χ1n) is 7.28. The van der Waals surface area contributed by atoms with Gasteiger partial charge in [-0.25, -0.2) is 0 Å². The van der Waals surface area contributed by atoms with Crippen molar-refractivity contribution in [2.75, 3.05) is 24.5 Å². The summed E-state index contributed by atoms with van der Waals surface area (Å²) < 4.78 is 0. The molecule has 4 nitrogen and oxygen atoms in total. The largest absolute Gasteiger partial charge is 0.316 e. The zero-order valence-corrected chi connectivity index (χ0v) is 12.8. The number of benzene rings is 1. The van der Waals surface area contributed by atoms with Gasteiger partial charge in [0.1, 0.15) is 0 Å². The molecule has 1 aromatic carbocycles. The van der Waals surface area contributed by atoms with E-state index in [0.29, 0.717) is 5.56 Å². The van der Waals surface area contributed by atoms with Crippen molar-refractivity contribution in [2.45, 2.75) is 25.7 Å². The molecule has 3 rings (SSSR count). The van der Waals surface area contributed by atoms with E-state index < -0.39 is 0 Å². The highest BCUT2D eigenvalue weighted by Crippen LogP contribution is 2.38. The highest BCUT2D eigenvalue weighted by molar-refractivity contribution is 5.98. The van der Waals surface area contributed by atoms with Gasteiger partial charge in [-0.2, -0.15) is 5.26 Å². The lowest BCUT2D eigenvalue weighted by atomic mass is 9.73. The van der Waals surface area contributed by atoms with E-state index in [1.54, 1.807) is 12.1 Å². The van der Waals surface area contributed by atoms with Crippen LogP contribution in [0, 0.1) is 16.7 Å². The SMILES string of the molecule is Cl.N#Cc1ccc(N2CCCC3(CCCNC3)C2=O)cc1. The fourth-order valence-electron chi connectivity index (χ4n) is 3.40. The zero-order valence-electron chi connectivity index (χ0n) is 12.0. The Balaban J connectivity index is 0.00000161. The first-order valence-corrected chi connectivity index (χ1v) is 7.28. The predicted octanol–water partition coefficient (Wildman–Crippen LogP) is 2.48. The number of halogens is 1. The van der Waals surface area contributed by atoms with Gasteiger partial charge >= 0.3 is 0 Å². The molecule has 1 N–H and O–H groups in total. The quantitative estimate of drug-likeness (QED) is 0.867. The number of amides is 1. The number of nitrogens with one attached hydrogen (secondary N) is 1. The molecular weight excluding hydrogens is 286 g/mol. The fraction of sp³-hybridized carbons (Fsp3) is 0.500. The van der Waals surface area contributed by atoms with E-state index in [1.165, 1.54) is 0 Å². The van der Waals surface area contributed by atoms with Crippen molar-refractivity contribution < 1.29 is 4.79 Å². The van der Waals surface area contributed by atoms with Gasteiger partial charge in [0.15, 0.2) is 0 Å². The maximum Gasteiger partial charge on any atom is 0.234 e. The maximum absolute atomic E-state index is 12.9. The molecule has 2 fully saturated rings. The lowest BCUT2D eigenvalue weighted by Gasteiger charge is -2.44. The number of piperidine rings is 2. The summed E-state index contributed by atoms with van der Waals surface area (Å²) in [6, 6.07) is 9.43. The number of carbonyl (C=O) groups excluding carboxylic acids is 1. The Morgan fingerprint density at radius 2 is 1.90 bits per heavy atom. The third-order valence-electron chi connectivity index (χ3n) is 4.52. The first-order chi connectivity index (χ1) is 9.75. The van der Waals surface area contributed by atoms with Crippen molar-refractivity contribution in [3.63, 3.8) is 0 Å². The number of hydrogen-bond acceptors (Lipinski definition) is 3. The van der Waals surface area contributed by atoms with Crippen molar-refractivity contribution in [1.82, 2.24) is 5.32 Å². The van der Waals surface area contributed by atoms with Crippen LogP contribution in [0.15, 0.2) is 24.3 Å². The molecule has 0 radical (unpaired) electrons. The number of nitriles is 1. The summed E-state index contributed by atoms with van der Waals surface area (Å²) in [5, 5.41) is 12.2. The Morgan fingerprint density at radius 3 is 2.52 bits per heavy atom. The zero-order chi connectivity index (χ0) is 14.0. The van der Waals surface area contributed by atoms with E-state index in [1.807, 2.05) is 17.0 Å². The van der Waals surface area contributed by atoms with Crippen LogP contribution in [0.1, 0.15) is 31.2 Å². The number of rotatable bonds is 1. The number of hydrogen-bond donors (Lipinski definition) is 1. The smallest absolute Gasteiger partial charge is 0.234 e. The van der Waals surface area contributed by atoms with Crippen LogP contribution in [-0.2, 0) is 4.79 Å². The van der Waals surface area contributed by atoms with E-state index in [9.17, 15) is 4.79 Å². The van der Waals surface area contributed by atoms with E-state index in [-0.39, 0.29) is 23.7 Å². The minimum Gasteiger partial charge on any atom is -0.316 e. The lowest BCUT2D eigenvalue weighted by molar-refractivity contribution is -0.131. The molecule has 1 amide bonds. The monoisotopic (exact) mass is 305 g/mol. The van der Waals surface area contributed by atoms with Crippen molar-refractivity contribution >= 4 is 24.0 Å². The van der Waals surface area contributed by atoms with E-state index >= 15 is 0 Å². The second-order valence-electron chi connectivity index (χ2n) is 5.78. The van der Waals surface area contributed by atoms with Crippen molar-refractivity contribution in [3.05, 3.63) is 29.8 Å². The molecule has 112 valence electrons. The third kappa shape index (κ3) is 2.90. The number of nitrogens with zero attached hydrogens (tertiary/aromatic N) is 2. The Labute approximate surface area is 131 Å². The third-order valence-corrected chi connectivity index (χ3v) is 4.52. The molecule has 0 aromatic heterocycles. The Morgan fingerprint density at radius 1 is 1.19 bits per heavy atom. The summed E-state index contributed by atoms with van der Waals surface area (Å²) >= 11 is 0. The van der Waals surface area contributed by atoms with Crippen molar-refractivity contribution in [1.29, 1.82) is 5.26 Å². The summed E-state index contributed by atoms with van der Waals surface area (Å²) in [6.07, 6.45) is 4.11. The van der Waals surface area contributed by atoms with Gasteiger partial charge in [0, 0.05) is 18.8 Å². The number of anilines is 1. The Bertz CT molecular complexity index is 538. The minimum absolute atomic E-state index is 0. The second-order valence-corrected chi connectivity index (χ2v) is 5.78. The normalized spacial score (nSPS) is 25.3. The van der Waals surface area contributed by atoms with Crippen LogP contribution in [0.2, 0.25) is 0 Å². The summed E-state index contributed by atoms with van der Waals surface area (Å²) in [5.74, 6) is 0.251. The molecule has 1 aromatic rings. The second kappa shape index (κ2) is 6.46. The van der Waals surface area contributed by atoms with E-state index in [4.69, 9.17) is 5.26 Å². The highest BCUT2D eigenvalue weighted by Gasteiger charge is 2.44. The van der Waals surface area contributed by atoms with Crippen LogP contribution in [-0.4, -0.2) is 25.5 Å². The summed E-state index contributed by atoms with van der Waals surface area (Å²) in [5.41, 5.74) is 1.34. The highest BCUT2D eigenvalue weighted by atomic mass is 35.5. The molecule has 0 aliphatic carbocycles. The van der Waals surface area contributed by atoms with E-state index in [2.05, 4.69) is 11.4 Å². The molecule has 2 aliphatic rings. The average molecular weight is 306 g/mol. The van der Waals surface area contributed by atoms with Crippen molar-refractivity contribution in [2.24, 2.45) is 5.41 Å². The lowest BCUT2D eigenvalue weighted by Crippen LogP contribution is -2.55. The van der Waals surface area contributed by atoms with Gasteiger partial charge in [-0.05, 0) is 56.5 Å². The standard InChI is InChI=1S/C16H19N3O.ClH/c17-11-13-3-5-14(6-4-13)19-10-2-8-16(15(19)20)7-1-9-18-12-16;/h3-6,18H,1-2,7-10,12H2;1H. The van der Waals surface area contributed by atoms with E-state index in [0.717, 1.165) is 51.0 Å². The van der Waals surface area contributed by atoms with Crippen LogP contribution in [0.5, 0.6) is 0 Å². The summed E-state index contributed by atoms with van der Waals surface area (Å²) in [7, 11) is 0. The molecule has 1 spiro atoms. The average Bonchev–Trinajstić information content (AvgIpc) is 2.51. The molecule has 1 unspecified atom stereocenters. The van der Waals surface area contributed by atoms with Gasteiger partial charge < -0.3 is 10.2 Å². The van der Waals surface area contributed by atoms with Gasteiger partial charge in [0.25, 0.3) is 0 Å². The summed E-state index contributed by atoms with van der Waals surface area (Å²) in [6.45, 7) is 2.61. The van der Waals surface area contributed by atoms with Crippen LogP contribution >= 0.6 is 12.4 Å². The minimum atomic E-state index is -0.204. The molecule has 1 atom stereocenters. The van der Waals surface area contributed by atoms with Gasteiger partial charge in [0.2, 0.25) is 5.91 Å². The fourth-order valence-corrected chi connectivity index (χ4v) is 3.40.